The van der Waals surface area contributed by atoms with Crippen LogP contribution in [0.1, 0.15) is 57.6 Å². The molecule has 1 nitrogen and oxygen atoms in total. The number of benzene rings is 2. The molecule has 1 unspecified atom stereocenters. The van der Waals surface area contributed by atoms with Crippen molar-refractivity contribution in [1.82, 2.24) is 0 Å². The lowest BCUT2D eigenvalue weighted by molar-refractivity contribution is 0.131. The Morgan fingerprint density at radius 2 is 1.56 bits per heavy atom. The maximum atomic E-state index is 13.4. The molecule has 2 aromatic rings. The number of rotatable bonds is 2. The zero-order valence-corrected chi connectivity index (χ0v) is 15.5. The lowest BCUT2D eigenvalue weighted by Crippen LogP contribution is -2.36. The molecule has 1 atom stereocenters. The lowest BCUT2D eigenvalue weighted by atomic mass is 9.56. The van der Waals surface area contributed by atoms with Gasteiger partial charge < -0.3 is 5.11 Å². The van der Waals surface area contributed by atoms with Crippen LogP contribution in [0.15, 0.2) is 54.1 Å². The summed E-state index contributed by atoms with van der Waals surface area (Å²) in [6, 6.07) is 14.3. The van der Waals surface area contributed by atoms with Crippen LogP contribution in [0.4, 0.5) is 4.39 Å². The molecule has 1 fully saturated rings. The Morgan fingerprint density at radius 1 is 0.960 bits per heavy atom. The van der Waals surface area contributed by atoms with Crippen LogP contribution in [0.2, 0.25) is 0 Å². The minimum Gasteiger partial charge on any atom is -0.508 e. The van der Waals surface area contributed by atoms with Gasteiger partial charge in [-0.2, -0.15) is 0 Å². The number of aromatic hydroxyl groups is 1. The molecule has 0 bridgehead atoms. The first-order valence-electron chi connectivity index (χ1n) is 8.91. The Balaban J connectivity index is 2.09. The molecule has 0 heterocycles. The van der Waals surface area contributed by atoms with Gasteiger partial charge in [-0.15, -0.1) is 0 Å². The zero-order valence-electron chi connectivity index (χ0n) is 15.5. The molecule has 0 aromatic heterocycles. The molecule has 1 saturated carbocycles. The van der Waals surface area contributed by atoms with Crippen molar-refractivity contribution in [3.63, 3.8) is 0 Å². The summed E-state index contributed by atoms with van der Waals surface area (Å²) in [5.41, 5.74) is 3.95. The summed E-state index contributed by atoms with van der Waals surface area (Å²) in [5.74, 6) is 0.346. The first-order chi connectivity index (χ1) is 11.7. The second kappa shape index (κ2) is 6.33. The fourth-order valence-electron chi connectivity index (χ4n) is 4.79. The van der Waals surface area contributed by atoms with Crippen LogP contribution < -0.4 is 0 Å². The zero-order chi connectivity index (χ0) is 18.2. The largest absolute Gasteiger partial charge is 0.508 e. The van der Waals surface area contributed by atoms with Gasteiger partial charge in [-0.05, 0) is 59.1 Å². The van der Waals surface area contributed by atoms with Crippen molar-refractivity contribution in [2.24, 2.45) is 10.8 Å². The number of hydrogen-bond acceptors (Lipinski definition) is 1. The Morgan fingerprint density at radius 3 is 2.16 bits per heavy atom. The first kappa shape index (κ1) is 17.7. The molecule has 132 valence electrons. The van der Waals surface area contributed by atoms with Crippen molar-refractivity contribution in [2.45, 2.75) is 46.5 Å². The average molecular weight is 338 g/mol. The lowest BCUT2D eigenvalue weighted by Gasteiger charge is -2.48. The number of halogens is 1. The van der Waals surface area contributed by atoms with E-state index in [1.54, 1.807) is 24.3 Å². The van der Waals surface area contributed by atoms with Crippen LogP contribution in [-0.4, -0.2) is 5.11 Å². The summed E-state index contributed by atoms with van der Waals surface area (Å²) in [6.07, 6.45) is 4.38. The average Bonchev–Trinajstić information content (AvgIpc) is 2.49. The van der Waals surface area contributed by atoms with Crippen LogP contribution in [0.25, 0.3) is 6.08 Å². The molecule has 2 aromatic carbocycles. The second-order valence-electron chi connectivity index (χ2n) is 8.80. The van der Waals surface area contributed by atoms with Crippen LogP contribution in [0, 0.1) is 16.6 Å². The summed E-state index contributed by atoms with van der Waals surface area (Å²) in [7, 11) is 0. The standard InChI is InChI=1S/C23H27FO/c1-22(2)14-18(13-16-5-11-20(25)12-6-16)21(23(3,4)15-22)17-7-9-19(24)10-8-17/h5-13,21,25H,14-15H2,1-4H3. The SMILES string of the molecule is CC1(C)CC(=Cc2ccc(O)cc2)C(c2ccc(F)cc2)C(C)(C)C1. The van der Waals surface area contributed by atoms with Crippen molar-refractivity contribution in [2.75, 3.05) is 0 Å². The topological polar surface area (TPSA) is 20.2 Å². The van der Waals surface area contributed by atoms with Crippen molar-refractivity contribution >= 4 is 6.08 Å². The Labute approximate surface area is 150 Å². The van der Waals surface area contributed by atoms with Gasteiger partial charge in [-0.1, -0.05) is 63.6 Å². The van der Waals surface area contributed by atoms with E-state index >= 15 is 0 Å². The van der Waals surface area contributed by atoms with Crippen molar-refractivity contribution in [3.8, 4) is 5.75 Å². The molecule has 0 amide bonds. The Bertz CT molecular complexity index is 767. The minimum atomic E-state index is -0.193. The smallest absolute Gasteiger partial charge is 0.123 e. The fraction of sp³-hybridized carbons (Fsp3) is 0.391. The Hall–Kier alpha value is -2.09. The molecular formula is C23H27FO. The van der Waals surface area contributed by atoms with Crippen molar-refractivity contribution in [3.05, 3.63) is 71.0 Å². The van der Waals surface area contributed by atoms with E-state index in [9.17, 15) is 9.50 Å². The molecular weight excluding hydrogens is 311 g/mol. The molecule has 2 heteroatoms. The molecule has 3 rings (SSSR count). The molecule has 1 aliphatic carbocycles. The summed E-state index contributed by atoms with van der Waals surface area (Å²) in [4.78, 5) is 0. The van der Waals surface area contributed by atoms with E-state index in [1.165, 1.54) is 11.1 Å². The molecule has 0 aliphatic heterocycles. The van der Waals surface area contributed by atoms with Gasteiger partial charge in [0.15, 0.2) is 0 Å². The predicted octanol–water partition coefficient (Wildman–Crippen LogP) is 6.54. The van der Waals surface area contributed by atoms with E-state index < -0.39 is 0 Å². The molecule has 0 radical (unpaired) electrons. The second-order valence-corrected chi connectivity index (χ2v) is 8.80. The van der Waals surface area contributed by atoms with E-state index in [2.05, 4.69) is 33.8 Å². The van der Waals surface area contributed by atoms with Crippen LogP contribution >= 0.6 is 0 Å². The van der Waals surface area contributed by atoms with Gasteiger partial charge in [0.2, 0.25) is 0 Å². The van der Waals surface area contributed by atoms with Crippen molar-refractivity contribution in [1.29, 1.82) is 0 Å². The third-order valence-corrected chi connectivity index (χ3v) is 5.22. The molecule has 1 N–H and O–H groups in total. The van der Waals surface area contributed by atoms with Gasteiger partial charge in [0.05, 0.1) is 0 Å². The highest BCUT2D eigenvalue weighted by atomic mass is 19.1. The molecule has 0 spiro atoms. The molecule has 1 aliphatic rings. The predicted molar refractivity (Wildman–Crippen MR) is 102 cm³/mol. The highest BCUT2D eigenvalue weighted by Gasteiger charge is 2.43. The summed E-state index contributed by atoms with van der Waals surface area (Å²) in [5, 5.41) is 9.53. The number of hydrogen-bond donors (Lipinski definition) is 1. The van der Waals surface area contributed by atoms with Gasteiger partial charge in [-0.25, -0.2) is 4.39 Å². The fourth-order valence-corrected chi connectivity index (χ4v) is 4.79. The van der Waals surface area contributed by atoms with E-state index in [0.29, 0.717) is 0 Å². The summed E-state index contributed by atoms with van der Waals surface area (Å²) < 4.78 is 13.4. The highest BCUT2D eigenvalue weighted by molar-refractivity contribution is 5.57. The highest BCUT2D eigenvalue weighted by Crippen LogP contribution is 2.56. The quantitative estimate of drug-likeness (QED) is 0.658. The normalized spacial score (nSPS) is 23.6. The Kier molecular flexibility index (Phi) is 4.49. The van der Waals surface area contributed by atoms with Crippen LogP contribution in [0.3, 0.4) is 0 Å². The monoisotopic (exact) mass is 338 g/mol. The van der Waals surface area contributed by atoms with Crippen LogP contribution in [-0.2, 0) is 0 Å². The third-order valence-electron chi connectivity index (χ3n) is 5.22. The number of phenolic OH excluding ortho intramolecular Hbond substituents is 1. The van der Waals surface area contributed by atoms with Gasteiger partial charge in [0.25, 0.3) is 0 Å². The van der Waals surface area contributed by atoms with E-state index in [1.807, 2.05) is 24.3 Å². The van der Waals surface area contributed by atoms with Crippen LogP contribution in [0.5, 0.6) is 5.75 Å². The summed E-state index contributed by atoms with van der Waals surface area (Å²) in [6.45, 7) is 9.26. The van der Waals surface area contributed by atoms with E-state index in [4.69, 9.17) is 0 Å². The van der Waals surface area contributed by atoms with Gasteiger partial charge in [-0.3, -0.25) is 0 Å². The maximum absolute atomic E-state index is 13.4. The molecule has 0 saturated heterocycles. The third kappa shape index (κ3) is 3.95. The molecule has 25 heavy (non-hydrogen) atoms. The number of allylic oxidation sites excluding steroid dienone is 1. The number of phenols is 1. The maximum Gasteiger partial charge on any atom is 0.123 e. The van der Waals surface area contributed by atoms with Gasteiger partial charge >= 0.3 is 0 Å². The minimum absolute atomic E-state index is 0.0856. The van der Waals surface area contributed by atoms with Gasteiger partial charge in [0.1, 0.15) is 11.6 Å². The first-order valence-corrected chi connectivity index (χ1v) is 8.91. The summed E-state index contributed by atoms with van der Waals surface area (Å²) >= 11 is 0. The van der Waals surface area contributed by atoms with E-state index in [0.717, 1.165) is 18.4 Å². The van der Waals surface area contributed by atoms with Gasteiger partial charge in [0, 0.05) is 5.92 Å². The van der Waals surface area contributed by atoms with E-state index in [-0.39, 0.29) is 28.3 Å². The van der Waals surface area contributed by atoms with Crippen molar-refractivity contribution < 1.29 is 9.50 Å².